The molecular formula is C21H33NO5. The van der Waals surface area contributed by atoms with Crippen LogP contribution in [0.5, 0.6) is 5.75 Å². The number of carbonyl (C=O) groups excluding carboxylic acids is 2. The number of carbonyl (C=O) groups is 2. The monoisotopic (exact) mass is 379 g/mol. The minimum absolute atomic E-state index is 0.0678. The molecule has 27 heavy (non-hydrogen) atoms. The lowest BCUT2D eigenvalue weighted by molar-refractivity contribution is -0.121. The maximum Gasteiger partial charge on any atom is 0.344 e. The number of benzene rings is 1. The molecule has 0 aromatic heterocycles. The van der Waals surface area contributed by atoms with Gasteiger partial charge in [-0.3, -0.25) is 4.79 Å². The lowest BCUT2D eigenvalue weighted by atomic mass is 10.1. The second kappa shape index (κ2) is 13.1. The van der Waals surface area contributed by atoms with Crippen molar-refractivity contribution in [3.63, 3.8) is 0 Å². The number of esters is 1. The first-order valence-corrected chi connectivity index (χ1v) is 9.75. The first-order chi connectivity index (χ1) is 13.1. The Bertz CT molecular complexity index is 588. The van der Waals surface area contributed by atoms with Crippen LogP contribution in [0.1, 0.15) is 62.7 Å². The summed E-state index contributed by atoms with van der Waals surface area (Å²) in [5.74, 6) is -0.309. The van der Waals surface area contributed by atoms with Gasteiger partial charge in [0, 0.05) is 14.2 Å². The number of methoxy groups -OCH3 is 1. The van der Waals surface area contributed by atoms with E-state index in [4.69, 9.17) is 14.2 Å². The van der Waals surface area contributed by atoms with E-state index in [1.165, 1.54) is 37.7 Å². The van der Waals surface area contributed by atoms with E-state index in [2.05, 4.69) is 6.92 Å². The van der Waals surface area contributed by atoms with Gasteiger partial charge >= 0.3 is 5.97 Å². The quantitative estimate of drug-likeness (QED) is 0.379. The molecule has 0 atom stereocenters. The fourth-order valence-corrected chi connectivity index (χ4v) is 2.75. The van der Waals surface area contributed by atoms with Gasteiger partial charge in [-0.2, -0.15) is 0 Å². The van der Waals surface area contributed by atoms with Crippen LogP contribution >= 0.6 is 0 Å². The molecule has 0 aliphatic heterocycles. The van der Waals surface area contributed by atoms with Gasteiger partial charge in [-0.25, -0.2) is 4.79 Å². The van der Waals surface area contributed by atoms with Gasteiger partial charge in [-0.1, -0.05) is 45.1 Å². The molecule has 0 N–H and O–H groups in total. The van der Waals surface area contributed by atoms with Crippen LogP contribution < -0.4 is 9.64 Å². The maximum atomic E-state index is 12.5. The minimum atomic E-state index is -0.497. The fourth-order valence-electron chi connectivity index (χ4n) is 2.75. The van der Waals surface area contributed by atoms with Gasteiger partial charge < -0.3 is 19.1 Å². The average molecular weight is 379 g/mol. The number of anilines is 1. The molecule has 1 aromatic rings. The Hall–Kier alpha value is -2.08. The van der Waals surface area contributed by atoms with E-state index in [9.17, 15) is 9.59 Å². The van der Waals surface area contributed by atoms with Crippen LogP contribution in [0.2, 0.25) is 0 Å². The molecule has 0 aliphatic rings. The predicted molar refractivity (Wildman–Crippen MR) is 107 cm³/mol. The SMILES string of the molecule is CCCCCCCCOc1cccc(N(C)C(=O)COC)c1C(=O)OCC. The summed E-state index contributed by atoms with van der Waals surface area (Å²) in [6.45, 7) is 4.65. The number of rotatable bonds is 13. The van der Waals surface area contributed by atoms with Crippen molar-refractivity contribution in [1.82, 2.24) is 0 Å². The van der Waals surface area contributed by atoms with Gasteiger partial charge in [0.2, 0.25) is 0 Å². The normalized spacial score (nSPS) is 10.5. The molecule has 6 nitrogen and oxygen atoms in total. The summed E-state index contributed by atoms with van der Waals surface area (Å²) >= 11 is 0. The van der Waals surface area contributed by atoms with Crippen molar-refractivity contribution in [1.29, 1.82) is 0 Å². The van der Waals surface area contributed by atoms with Gasteiger partial charge in [-0.05, 0) is 25.5 Å². The summed E-state index contributed by atoms with van der Waals surface area (Å²) < 4.78 is 16.0. The molecule has 0 saturated carbocycles. The molecule has 0 spiro atoms. The molecule has 152 valence electrons. The zero-order valence-electron chi connectivity index (χ0n) is 17.1. The second-order valence-corrected chi connectivity index (χ2v) is 6.37. The highest BCUT2D eigenvalue weighted by molar-refractivity contribution is 6.04. The van der Waals surface area contributed by atoms with Crippen molar-refractivity contribution in [3.05, 3.63) is 23.8 Å². The summed E-state index contributed by atoms with van der Waals surface area (Å²) in [5, 5.41) is 0. The highest BCUT2D eigenvalue weighted by atomic mass is 16.5. The summed E-state index contributed by atoms with van der Waals surface area (Å²) in [6.07, 6.45) is 6.94. The van der Waals surface area contributed by atoms with E-state index in [-0.39, 0.29) is 24.7 Å². The molecule has 1 aromatic carbocycles. The zero-order valence-corrected chi connectivity index (χ0v) is 17.1. The summed E-state index contributed by atoms with van der Waals surface area (Å²) in [6, 6.07) is 5.21. The molecule has 0 fully saturated rings. The summed E-state index contributed by atoms with van der Waals surface area (Å²) in [7, 11) is 3.06. The molecule has 0 saturated heterocycles. The Morgan fingerprint density at radius 1 is 1.04 bits per heavy atom. The molecule has 0 unspecified atom stereocenters. The Kier molecular flexibility index (Phi) is 11.2. The second-order valence-electron chi connectivity index (χ2n) is 6.37. The smallest absolute Gasteiger partial charge is 0.344 e. The van der Waals surface area contributed by atoms with Gasteiger partial charge in [0.05, 0.1) is 18.9 Å². The first-order valence-electron chi connectivity index (χ1n) is 9.75. The molecule has 6 heteroatoms. The van der Waals surface area contributed by atoms with Gasteiger partial charge in [0.15, 0.2) is 0 Å². The number of amides is 1. The number of likely N-dealkylation sites (N-methyl/N-ethyl adjacent to an activating group) is 1. The van der Waals surface area contributed by atoms with E-state index in [1.54, 1.807) is 32.2 Å². The Morgan fingerprint density at radius 2 is 1.74 bits per heavy atom. The fraction of sp³-hybridized carbons (Fsp3) is 0.619. The third-order valence-corrected chi connectivity index (χ3v) is 4.24. The van der Waals surface area contributed by atoms with Crippen LogP contribution in [0.4, 0.5) is 5.69 Å². The van der Waals surface area contributed by atoms with Crippen LogP contribution in [-0.2, 0) is 14.3 Å². The number of ether oxygens (including phenoxy) is 3. The van der Waals surface area contributed by atoms with Crippen molar-refractivity contribution in [2.24, 2.45) is 0 Å². The largest absolute Gasteiger partial charge is 0.493 e. The van der Waals surface area contributed by atoms with Gasteiger partial charge in [0.1, 0.15) is 17.9 Å². The van der Waals surface area contributed by atoms with Crippen LogP contribution in [-0.4, -0.2) is 45.9 Å². The third-order valence-electron chi connectivity index (χ3n) is 4.24. The number of hydrogen-bond donors (Lipinski definition) is 0. The third kappa shape index (κ3) is 7.59. The van der Waals surface area contributed by atoms with E-state index in [0.29, 0.717) is 18.0 Å². The topological polar surface area (TPSA) is 65.1 Å². The predicted octanol–water partition coefficient (Wildman–Crippen LogP) is 4.21. The van der Waals surface area contributed by atoms with Crippen LogP contribution in [0.15, 0.2) is 18.2 Å². The highest BCUT2D eigenvalue weighted by Crippen LogP contribution is 2.30. The average Bonchev–Trinajstić information content (AvgIpc) is 2.66. The maximum absolute atomic E-state index is 12.5. The summed E-state index contributed by atoms with van der Waals surface area (Å²) in [5.41, 5.74) is 0.730. The van der Waals surface area contributed by atoms with Crippen molar-refractivity contribution in [2.75, 3.05) is 38.9 Å². The lowest BCUT2D eigenvalue weighted by Gasteiger charge is -2.21. The molecule has 1 amide bonds. The Balaban J connectivity index is 2.88. The van der Waals surface area contributed by atoms with Gasteiger partial charge in [0.25, 0.3) is 5.91 Å². The van der Waals surface area contributed by atoms with Crippen molar-refractivity contribution in [2.45, 2.75) is 52.4 Å². The van der Waals surface area contributed by atoms with E-state index in [0.717, 1.165) is 12.8 Å². The molecule has 0 bridgehead atoms. The molecule has 0 aliphatic carbocycles. The van der Waals surface area contributed by atoms with Gasteiger partial charge in [-0.15, -0.1) is 0 Å². The molecule has 0 radical (unpaired) electrons. The van der Waals surface area contributed by atoms with Crippen LogP contribution in [0, 0.1) is 0 Å². The highest BCUT2D eigenvalue weighted by Gasteiger charge is 2.23. The zero-order chi connectivity index (χ0) is 20.1. The Labute approximate surface area is 162 Å². The van der Waals surface area contributed by atoms with Crippen LogP contribution in [0.3, 0.4) is 0 Å². The van der Waals surface area contributed by atoms with Crippen molar-refractivity contribution in [3.8, 4) is 5.75 Å². The molecule has 0 heterocycles. The first kappa shape index (κ1) is 23.0. The lowest BCUT2D eigenvalue weighted by Crippen LogP contribution is -2.31. The molecular weight excluding hydrogens is 346 g/mol. The number of unbranched alkanes of at least 4 members (excludes halogenated alkanes) is 5. The van der Waals surface area contributed by atoms with E-state index < -0.39 is 5.97 Å². The van der Waals surface area contributed by atoms with E-state index in [1.807, 2.05) is 0 Å². The van der Waals surface area contributed by atoms with Crippen molar-refractivity contribution >= 4 is 17.6 Å². The van der Waals surface area contributed by atoms with E-state index >= 15 is 0 Å². The standard InChI is InChI=1S/C21H33NO5/c1-5-7-8-9-10-11-15-27-18-14-12-13-17(20(18)21(24)26-6-2)22(3)19(23)16-25-4/h12-14H,5-11,15-16H2,1-4H3. The van der Waals surface area contributed by atoms with Crippen molar-refractivity contribution < 1.29 is 23.8 Å². The summed E-state index contributed by atoms with van der Waals surface area (Å²) in [4.78, 5) is 26.1. The molecule has 1 rings (SSSR count). The number of hydrogen-bond acceptors (Lipinski definition) is 5. The van der Waals surface area contributed by atoms with Crippen LogP contribution in [0.25, 0.3) is 0 Å². The number of nitrogens with zero attached hydrogens (tertiary/aromatic N) is 1. The Morgan fingerprint density at radius 3 is 2.41 bits per heavy atom. The minimum Gasteiger partial charge on any atom is -0.493 e.